The van der Waals surface area contributed by atoms with E-state index in [1.165, 1.54) is 0 Å². The van der Waals surface area contributed by atoms with E-state index >= 15 is 0 Å². The molecule has 1 atom stereocenters. The first-order chi connectivity index (χ1) is 5.77. The van der Waals surface area contributed by atoms with E-state index < -0.39 is 0 Å². The van der Waals surface area contributed by atoms with E-state index in [-0.39, 0.29) is 6.04 Å². The van der Waals surface area contributed by atoms with Crippen molar-refractivity contribution in [3.63, 3.8) is 0 Å². The van der Waals surface area contributed by atoms with Gasteiger partial charge in [-0.2, -0.15) is 0 Å². The number of likely N-dealkylation sites (N-methyl/N-ethyl adjacent to an activating group) is 1. The molecule has 0 radical (unpaired) electrons. The smallest absolute Gasteiger partial charge is 0.205 e. The van der Waals surface area contributed by atoms with Gasteiger partial charge in [0, 0.05) is 38.6 Å². The highest BCUT2D eigenvalue weighted by atomic mass is 15.3. The molecule has 4 nitrogen and oxygen atoms in total. The second-order valence-corrected chi connectivity index (χ2v) is 3.35. The van der Waals surface area contributed by atoms with Crippen LogP contribution in [0.4, 0.5) is 5.95 Å². The fourth-order valence-corrected chi connectivity index (χ4v) is 1.64. The van der Waals surface area contributed by atoms with E-state index in [0.29, 0.717) is 0 Å². The van der Waals surface area contributed by atoms with Crippen molar-refractivity contribution >= 4 is 5.95 Å². The number of hydrogen-bond donors (Lipinski definition) is 1. The number of imidazole rings is 1. The van der Waals surface area contributed by atoms with Crippen molar-refractivity contribution in [2.75, 3.05) is 18.5 Å². The maximum absolute atomic E-state index is 5.88. The quantitative estimate of drug-likeness (QED) is 0.592. The Morgan fingerprint density at radius 2 is 2.50 bits per heavy atom. The first-order valence-corrected chi connectivity index (χ1v) is 4.25. The zero-order valence-corrected chi connectivity index (χ0v) is 7.27. The number of fused-ring (bicyclic) bond motifs is 1. The average molecular weight is 166 g/mol. The number of nitrogens with two attached hydrogens (primary N) is 1. The lowest BCUT2D eigenvalue weighted by atomic mass is 10.2. The van der Waals surface area contributed by atoms with Gasteiger partial charge < -0.3 is 15.2 Å². The Balaban J connectivity index is 2.29. The molecule has 0 aromatic carbocycles. The highest BCUT2D eigenvalue weighted by molar-refractivity contribution is 5.31. The lowest BCUT2D eigenvalue weighted by molar-refractivity contribution is 0.579. The summed E-state index contributed by atoms with van der Waals surface area (Å²) >= 11 is 0. The normalized spacial score (nSPS) is 23.5. The third-order valence-corrected chi connectivity index (χ3v) is 2.28. The van der Waals surface area contributed by atoms with E-state index in [2.05, 4.69) is 14.5 Å². The predicted molar refractivity (Wildman–Crippen MR) is 48.1 cm³/mol. The lowest BCUT2D eigenvalue weighted by Crippen LogP contribution is -2.34. The second-order valence-electron chi connectivity index (χ2n) is 3.35. The largest absolute Gasteiger partial charge is 0.344 e. The highest BCUT2D eigenvalue weighted by Crippen LogP contribution is 2.14. The molecule has 0 fully saturated rings. The molecule has 1 aliphatic rings. The van der Waals surface area contributed by atoms with Gasteiger partial charge >= 0.3 is 0 Å². The van der Waals surface area contributed by atoms with Crippen LogP contribution in [0.1, 0.15) is 6.42 Å². The summed E-state index contributed by atoms with van der Waals surface area (Å²) in [6.07, 6.45) is 4.88. The Morgan fingerprint density at radius 1 is 1.67 bits per heavy atom. The van der Waals surface area contributed by atoms with Gasteiger partial charge in [0.15, 0.2) is 0 Å². The van der Waals surface area contributed by atoms with Crippen molar-refractivity contribution in [1.29, 1.82) is 0 Å². The minimum absolute atomic E-state index is 0.275. The summed E-state index contributed by atoms with van der Waals surface area (Å²) in [6.45, 7) is 1.89. The number of aromatic nitrogens is 2. The van der Waals surface area contributed by atoms with Crippen molar-refractivity contribution in [2.24, 2.45) is 5.73 Å². The molecule has 1 aromatic rings. The van der Waals surface area contributed by atoms with E-state index in [0.717, 1.165) is 25.5 Å². The molecule has 1 unspecified atom stereocenters. The molecular formula is C8H14N4. The van der Waals surface area contributed by atoms with Crippen LogP contribution in [0.2, 0.25) is 0 Å². The van der Waals surface area contributed by atoms with Gasteiger partial charge in [-0.1, -0.05) is 0 Å². The molecule has 1 aromatic heterocycles. The zero-order valence-electron chi connectivity index (χ0n) is 7.27. The summed E-state index contributed by atoms with van der Waals surface area (Å²) < 4.78 is 2.15. The van der Waals surface area contributed by atoms with Gasteiger partial charge in [-0.15, -0.1) is 0 Å². The van der Waals surface area contributed by atoms with Crippen molar-refractivity contribution < 1.29 is 0 Å². The van der Waals surface area contributed by atoms with Gasteiger partial charge in [0.25, 0.3) is 0 Å². The second kappa shape index (κ2) is 2.79. The summed E-state index contributed by atoms with van der Waals surface area (Å²) in [6, 6.07) is 0.275. The van der Waals surface area contributed by atoms with Crippen LogP contribution < -0.4 is 10.6 Å². The molecule has 0 bridgehead atoms. The minimum Gasteiger partial charge on any atom is -0.344 e. The van der Waals surface area contributed by atoms with Gasteiger partial charge in [-0.3, -0.25) is 0 Å². The number of nitrogens with zero attached hydrogens (tertiary/aromatic N) is 3. The van der Waals surface area contributed by atoms with Gasteiger partial charge in [-0.25, -0.2) is 4.98 Å². The molecule has 1 aliphatic heterocycles. The summed E-state index contributed by atoms with van der Waals surface area (Å²) in [7, 11) is 2.03. The lowest BCUT2D eigenvalue weighted by Gasteiger charge is -2.17. The summed E-state index contributed by atoms with van der Waals surface area (Å²) in [5, 5.41) is 0. The third kappa shape index (κ3) is 1.18. The number of hydrogen-bond acceptors (Lipinski definition) is 3. The summed E-state index contributed by atoms with van der Waals surface area (Å²) in [5.74, 6) is 1.03. The van der Waals surface area contributed by atoms with E-state index in [9.17, 15) is 0 Å². The molecule has 2 heterocycles. The monoisotopic (exact) mass is 166 g/mol. The molecule has 4 heteroatoms. The molecule has 66 valence electrons. The van der Waals surface area contributed by atoms with Crippen molar-refractivity contribution in [3.05, 3.63) is 12.4 Å². The SMILES string of the molecule is CN1CC(N)CCn2ccnc21. The van der Waals surface area contributed by atoms with Crippen molar-refractivity contribution in [1.82, 2.24) is 9.55 Å². The highest BCUT2D eigenvalue weighted by Gasteiger charge is 2.16. The third-order valence-electron chi connectivity index (χ3n) is 2.28. The minimum atomic E-state index is 0.275. The zero-order chi connectivity index (χ0) is 8.55. The molecule has 2 rings (SSSR count). The van der Waals surface area contributed by atoms with Crippen LogP contribution >= 0.6 is 0 Å². The Morgan fingerprint density at radius 3 is 3.33 bits per heavy atom. The van der Waals surface area contributed by atoms with E-state index in [1.807, 2.05) is 19.4 Å². The number of aryl methyl sites for hydroxylation is 1. The Kier molecular flexibility index (Phi) is 1.77. The molecule has 12 heavy (non-hydrogen) atoms. The Bertz CT molecular complexity index is 268. The molecule has 0 saturated heterocycles. The fourth-order valence-electron chi connectivity index (χ4n) is 1.64. The van der Waals surface area contributed by atoms with Crippen LogP contribution in [0.15, 0.2) is 12.4 Å². The van der Waals surface area contributed by atoms with Crippen molar-refractivity contribution in [3.8, 4) is 0 Å². The van der Waals surface area contributed by atoms with Crippen LogP contribution in [0, 0.1) is 0 Å². The van der Waals surface area contributed by atoms with Gasteiger partial charge in [-0.05, 0) is 6.42 Å². The predicted octanol–water partition coefficient (Wildman–Crippen LogP) is 0.0503. The molecule has 0 saturated carbocycles. The summed E-state index contributed by atoms with van der Waals surface area (Å²) in [5.41, 5.74) is 5.88. The topological polar surface area (TPSA) is 47.1 Å². The van der Waals surface area contributed by atoms with E-state index in [1.54, 1.807) is 0 Å². The maximum Gasteiger partial charge on any atom is 0.205 e. The van der Waals surface area contributed by atoms with Gasteiger partial charge in [0.1, 0.15) is 0 Å². The Labute approximate surface area is 72.0 Å². The van der Waals surface area contributed by atoms with Gasteiger partial charge in [0.05, 0.1) is 0 Å². The number of rotatable bonds is 0. The Hall–Kier alpha value is -1.03. The standard InChI is InChI=1S/C8H14N4/c1-11-6-7(9)2-4-12-5-3-10-8(11)12/h3,5,7H,2,4,6,9H2,1H3. The van der Waals surface area contributed by atoms with Crippen LogP contribution in [0.3, 0.4) is 0 Å². The summed E-state index contributed by atoms with van der Waals surface area (Å²) in [4.78, 5) is 6.37. The molecule has 2 N–H and O–H groups in total. The van der Waals surface area contributed by atoms with Gasteiger partial charge in [0.2, 0.25) is 5.95 Å². The first-order valence-electron chi connectivity index (χ1n) is 4.25. The van der Waals surface area contributed by atoms with E-state index in [4.69, 9.17) is 5.73 Å². The molecule has 0 amide bonds. The molecular weight excluding hydrogens is 152 g/mol. The average Bonchev–Trinajstić information content (AvgIpc) is 2.43. The molecule has 0 aliphatic carbocycles. The molecule has 0 spiro atoms. The van der Waals surface area contributed by atoms with Crippen LogP contribution in [0.5, 0.6) is 0 Å². The fraction of sp³-hybridized carbons (Fsp3) is 0.625. The first kappa shape index (κ1) is 7.61. The maximum atomic E-state index is 5.88. The number of anilines is 1. The van der Waals surface area contributed by atoms with Crippen LogP contribution in [-0.4, -0.2) is 29.2 Å². The van der Waals surface area contributed by atoms with Crippen LogP contribution in [-0.2, 0) is 6.54 Å². The van der Waals surface area contributed by atoms with Crippen molar-refractivity contribution in [2.45, 2.75) is 19.0 Å². The van der Waals surface area contributed by atoms with Crippen LogP contribution in [0.25, 0.3) is 0 Å².